The summed E-state index contributed by atoms with van der Waals surface area (Å²) in [6.07, 6.45) is 7.44. The lowest BCUT2D eigenvalue weighted by Crippen LogP contribution is -2.44. The predicted molar refractivity (Wildman–Crippen MR) is 87.0 cm³/mol. The predicted octanol–water partition coefficient (Wildman–Crippen LogP) is 4.58. The molecule has 2 nitrogen and oxygen atoms in total. The Bertz CT molecular complexity index is 436. The van der Waals surface area contributed by atoms with E-state index in [1.807, 2.05) is 18.2 Å². The fraction of sp³-hybridized carbons (Fsp3) is 0.625. The monoisotopic (exact) mass is 314 g/mol. The average Bonchev–Trinajstić information content (AvgIpc) is 2.48. The van der Waals surface area contributed by atoms with Gasteiger partial charge >= 0.3 is 0 Å². The van der Waals surface area contributed by atoms with Crippen LogP contribution in [-0.2, 0) is 6.42 Å². The average molecular weight is 315 g/mol. The molecular weight excluding hydrogens is 291 g/mol. The number of benzene rings is 1. The van der Waals surface area contributed by atoms with E-state index < -0.39 is 0 Å². The van der Waals surface area contributed by atoms with Crippen molar-refractivity contribution >= 4 is 23.2 Å². The molecule has 0 bridgehead atoms. The lowest BCUT2D eigenvalue weighted by molar-refractivity contribution is 0.208. The third-order valence-corrected chi connectivity index (χ3v) is 5.36. The summed E-state index contributed by atoms with van der Waals surface area (Å²) in [6.45, 7) is 2.29. The summed E-state index contributed by atoms with van der Waals surface area (Å²) < 4.78 is 0. The zero-order chi connectivity index (χ0) is 14.5. The molecule has 3 unspecified atom stereocenters. The minimum Gasteiger partial charge on any atom is -0.271 e. The highest BCUT2D eigenvalue weighted by molar-refractivity contribution is 6.42. The standard InChI is InChI=1S/C16H24Cl2N2/c1-2-11-4-3-5-13(8-11)16(20-19)10-12-6-7-14(17)15(18)9-12/h6-7,9,11,13,16,20H,2-5,8,10,19H2,1H3. The van der Waals surface area contributed by atoms with Gasteiger partial charge in [0.2, 0.25) is 0 Å². The summed E-state index contributed by atoms with van der Waals surface area (Å²) in [6, 6.07) is 6.18. The molecule has 1 aliphatic carbocycles. The molecule has 0 saturated heterocycles. The van der Waals surface area contributed by atoms with E-state index in [-0.39, 0.29) is 0 Å². The van der Waals surface area contributed by atoms with Crippen molar-refractivity contribution in [1.29, 1.82) is 0 Å². The Morgan fingerprint density at radius 2 is 2.10 bits per heavy atom. The summed E-state index contributed by atoms with van der Waals surface area (Å²) >= 11 is 12.1. The first-order chi connectivity index (χ1) is 9.63. The molecule has 0 amide bonds. The lowest BCUT2D eigenvalue weighted by atomic mass is 9.75. The van der Waals surface area contributed by atoms with Crippen LogP contribution >= 0.6 is 23.2 Å². The number of hydrogen-bond donors (Lipinski definition) is 2. The quantitative estimate of drug-likeness (QED) is 0.616. The number of rotatable bonds is 5. The van der Waals surface area contributed by atoms with Crippen LogP contribution in [0.2, 0.25) is 10.0 Å². The van der Waals surface area contributed by atoms with Crippen molar-refractivity contribution in [3.05, 3.63) is 33.8 Å². The molecule has 0 radical (unpaired) electrons. The second kappa shape index (κ2) is 7.65. The Hall–Kier alpha value is -0.280. The topological polar surface area (TPSA) is 38.0 Å². The molecule has 0 heterocycles. The second-order valence-corrected chi connectivity index (χ2v) is 6.74. The summed E-state index contributed by atoms with van der Waals surface area (Å²) in [5, 5.41) is 1.23. The fourth-order valence-corrected chi connectivity index (χ4v) is 3.67. The van der Waals surface area contributed by atoms with Gasteiger partial charge in [-0.2, -0.15) is 0 Å². The van der Waals surface area contributed by atoms with Gasteiger partial charge in [0.05, 0.1) is 10.0 Å². The maximum Gasteiger partial charge on any atom is 0.0595 e. The molecule has 0 aromatic heterocycles. The molecule has 1 aromatic carbocycles. The Balaban J connectivity index is 2.02. The van der Waals surface area contributed by atoms with E-state index in [1.54, 1.807) is 0 Å². The SMILES string of the molecule is CCC1CCCC(C(Cc2ccc(Cl)c(Cl)c2)NN)C1. The Morgan fingerprint density at radius 1 is 1.30 bits per heavy atom. The first kappa shape index (κ1) is 16.1. The van der Waals surface area contributed by atoms with Gasteiger partial charge in [-0.15, -0.1) is 0 Å². The van der Waals surface area contributed by atoms with Crippen LogP contribution in [0.1, 0.15) is 44.6 Å². The minimum absolute atomic E-state index is 0.321. The van der Waals surface area contributed by atoms with E-state index in [0.29, 0.717) is 22.0 Å². The Kier molecular flexibility index (Phi) is 6.16. The normalized spacial score (nSPS) is 24.6. The zero-order valence-electron chi connectivity index (χ0n) is 12.0. The van der Waals surface area contributed by atoms with Gasteiger partial charge in [-0.05, 0) is 48.8 Å². The lowest BCUT2D eigenvalue weighted by Gasteiger charge is -2.34. The van der Waals surface area contributed by atoms with Crippen LogP contribution in [-0.4, -0.2) is 6.04 Å². The van der Waals surface area contributed by atoms with Crippen LogP contribution < -0.4 is 11.3 Å². The van der Waals surface area contributed by atoms with Gasteiger partial charge in [0.1, 0.15) is 0 Å². The minimum atomic E-state index is 0.321. The number of hydrogen-bond acceptors (Lipinski definition) is 2. The molecular formula is C16H24Cl2N2. The number of nitrogens with one attached hydrogen (secondary N) is 1. The van der Waals surface area contributed by atoms with Crippen LogP contribution in [0.25, 0.3) is 0 Å². The molecule has 0 aliphatic heterocycles. The third-order valence-electron chi connectivity index (χ3n) is 4.62. The second-order valence-electron chi connectivity index (χ2n) is 5.93. The number of nitrogens with two attached hydrogens (primary N) is 1. The molecule has 1 aliphatic rings. The molecule has 0 spiro atoms. The number of hydrazine groups is 1. The summed E-state index contributed by atoms with van der Waals surface area (Å²) in [4.78, 5) is 0. The van der Waals surface area contributed by atoms with Crippen molar-refractivity contribution in [2.75, 3.05) is 0 Å². The van der Waals surface area contributed by atoms with Crippen molar-refractivity contribution in [3.8, 4) is 0 Å². The van der Waals surface area contributed by atoms with E-state index in [2.05, 4.69) is 12.3 Å². The maximum atomic E-state index is 6.09. The number of halogens is 2. The van der Waals surface area contributed by atoms with Crippen LogP contribution in [0.3, 0.4) is 0 Å². The molecule has 4 heteroatoms. The van der Waals surface area contributed by atoms with E-state index in [1.165, 1.54) is 37.7 Å². The smallest absolute Gasteiger partial charge is 0.0595 e. The fourth-order valence-electron chi connectivity index (χ4n) is 3.35. The molecule has 20 heavy (non-hydrogen) atoms. The highest BCUT2D eigenvalue weighted by Gasteiger charge is 2.27. The van der Waals surface area contributed by atoms with Crippen LogP contribution in [0.15, 0.2) is 18.2 Å². The highest BCUT2D eigenvalue weighted by atomic mass is 35.5. The molecule has 2 rings (SSSR count). The van der Waals surface area contributed by atoms with Crippen LogP contribution in [0.5, 0.6) is 0 Å². The molecule has 3 N–H and O–H groups in total. The summed E-state index contributed by atoms with van der Waals surface area (Å²) in [5.74, 6) is 7.32. The van der Waals surface area contributed by atoms with Crippen molar-refractivity contribution in [2.24, 2.45) is 17.7 Å². The van der Waals surface area contributed by atoms with Gasteiger partial charge in [-0.25, -0.2) is 0 Å². The van der Waals surface area contributed by atoms with E-state index in [4.69, 9.17) is 29.0 Å². The Morgan fingerprint density at radius 3 is 2.75 bits per heavy atom. The highest BCUT2D eigenvalue weighted by Crippen LogP contribution is 2.34. The first-order valence-electron chi connectivity index (χ1n) is 7.54. The van der Waals surface area contributed by atoms with Gasteiger partial charge in [-0.1, -0.05) is 55.5 Å². The summed E-state index contributed by atoms with van der Waals surface area (Å²) in [5.41, 5.74) is 4.22. The first-order valence-corrected chi connectivity index (χ1v) is 8.29. The van der Waals surface area contributed by atoms with Gasteiger partial charge in [-0.3, -0.25) is 11.3 Å². The van der Waals surface area contributed by atoms with E-state index >= 15 is 0 Å². The molecule has 1 fully saturated rings. The zero-order valence-corrected chi connectivity index (χ0v) is 13.6. The molecule has 1 saturated carbocycles. The van der Waals surface area contributed by atoms with Crippen molar-refractivity contribution < 1.29 is 0 Å². The van der Waals surface area contributed by atoms with Crippen molar-refractivity contribution in [3.63, 3.8) is 0 Å². The molecule has 1 aromatic rings. The van der Waals surface area contributed by atoms with Gasteiger partial charge in [0.15, 0.2) is 0 Å². The van der Waals surface area contributed by atoms with Crippen LogP contribution in [0.4, 0.5) is 0 Å². The van der Waals surface area contributed by atoms with Gasteiger partial charge < -0.3 is 0 Å². The van der Waals surface area contributed by atoms with Gasteiger partial charge in [0.25, 0.3) is 0 Å². The van der Waals surface area contributed by atoms with Gasteiger partial charge in [0, 0.05) is 6.04 Å². The van der Waals surface area contributed by atoms with Crippen molar-refractivity contribution in [1.82, 2.24) is 5.43 Å². The van der Waals surface area contributed by atoms with E-state index in [0.717, 1.165) is 12.3 Å². The molecule has 3 atom stereocenters. The largest absolute Gasteiger partial charge is 0.271 e. The van der Waals surface area contributed by atoms with E-state index in [9.17, 15) is 0 Å². The maximum absolute atomic E-state index is 6.09. The summed E-state index contributed by atoms with van der Waals surface area (Å²) in [7, 11) is 0. The third kappa shape index (κ3) is 4.11. The van der Waals surface area contributed by atoms with Crippen molar-refractivity contribution in [2.45, 2.75) is 51.5 Å². The molecule has 112 valence electrons. The van der Waals surface area contributed by atoms with Crippen LogP contribution in [0, 0.1) is 11.8 Å². The Labute approximate surface area is 132 Å².